The maximum Gasteiger partial charge on any atom is 0.0907 e. The van der Waals surface area contributed by atoms with Gasteiger partial charge in [0.2, 0.25) is 0 Å². The molecular formula is C13H16N4. The van der Waals surface area contributed by atoms with Gasteiger partial charge in [-0.2, -0.15) is 0 Å². The Kier molecular flexibility index (Phi) is 2.65. The van der Waals surface area contributed by atoms with Crippen LogP contribution in [-0.2, 0) is 6.54 Å². The summed E-state index contributed by atoms with van der Waals surface area (Å²) in [6.45, 7) is 0.494. The monoisotopic (exact) mass is 228 g/mol. The fourth-order valence-electron chi connectivity index (χ4n) is 2.28. The lowest BCUT2D eigenvalue weighted by molar-refractivity contribution is 0.408. The average Bonchev–Trinajstić information content (AvgIpc) is 2.71. The van der Waals surface area contributed by atoms with Gasteiger partial charge < -0.3 is 5.73 Å². The molecule has 4 heteroatoms. The van der Waals surface area contributed by atoms with Gasteiger partial charge >= 0.3 is 0 Å². The Morgan fingerprint density at radius 3 is 2.59 bits per heavy atom. The fourth-order valence-corrected chi connectivity index (χ4v) is 2.28. The summed E-state index contributed by atoms with van der Waals surface area (Å²) in [5.41, 5.74) is 9.04. The molecule has 1 aromatic heterocycles. The van der Waals surface area contributed by atoms with Gasteiger partial charge in [-0.05, 0) is 25.0 Å². The number of hydrogen-bond donors (Lipinski definition) is 1. The summed E-state index contributed by atoms with van der Waals surface area (Å²) in [4.78, 5) is 0. The molecule has 0 bridgehead atoms. The van der Waals surface area contributed by atoms with Crippen LogP contribution in [0.15, 0.2) is 30.3 Å². The molecule has 1 saturated carbocycles. The molecule has 0 atom stereocenters. The number of aromatic nitrogens is 3. The van der Waals surface area contributed by atoms with E-state index in [9.17, 15) is 0 Å². The Morgan fingerprint density at radius 1 is 1.24 bits per heavy atom. The Balaban J connectivity index is 2.02. The first-order chi connectivity index (χ1) is 8.40. The standard InChI is InChI=1S/C13H16N4/c14-9-12-13(10-5-4-6-10)15-16-17(12)11-7-2-1-3-8-11/h1-3,7-8,10H,4-6,9,14H2. The van der Waals surface area contributed by atoms with Crippen LogP contribution >= 0.6 is 0 Å². The molecule has 1 aliphatic carbocycles. The van der Waals surface area contributed by atoms with Crippen LogP contribution in [0.25, 0.3) is 5.69 Å². The molecule has 0 aliphatic heterocycles. The fraction of sp³-hybridized carbons (Fsp3) is 0.385. The molecule has 2 N–H and O–H groups in total. The van der Waals surface area contributed by atoms with Crippen molar-refractivity contribution in [2.45, 2.75) is 31.7 Å². The molecule has 3 rings (SSSR count). The van der Waals surface area contributed by atoms with Crippen molar-refractivity contribution in [3.8, 4) is 5.69 Å². The normalized spacial score (nSPS) is 15.8. The molecule has 1 aliphatic rings. The minimum absolute atomic E-state index is 0.494. The van der Waals surface area contributed by atoms with Gasteiger partial charge in [0.25, 0.3) is 0 Å². The first-order valence-electron chi connectivity index (χ1n) is 6.10. The smallest absolute Gasteiger partial charge is 0.0907 e. The Morgan fingerprint density at radius 2 is 2.00 bits per heavy atom. The van der Waals surface area contributed by atoms with Gasteiger partial charge in [-0.25, -0.2) is 4.68 Å². The zero-order chi connectivity index (χ0) is 11.7. The van der Waals surface area contributed by atoms with Gasteiger partial charge in [0.05, 0.1) is 17.1 Å². The van der Waals surface area contributed by atoms with E-state index in [0.29, 0.717) is 12.5 Å². The third-order valence-corrected chi connectivity index (χ3v) is 3.48. The van der Waals surface area contributed by atoms with Crippen molar-refractivity contribution >= 4 is 0 Å². The van der Waals surface area contributed by atoms with Gasteiger partial charge in [0.15, 0.2) is 0 Å². The summed E-state index contributed by atoms with van der Waals surface area (Å²) >= 11 is 0. The second-order valence-electron chi connectivity index (χ2n) is 4.50. The number of benzene rings is 1. The molecule has 17 heavy (non-hydrogen) atoms. The predicted octanol–water partition coefficient (Wildman–Crippen LogP) is 1.99. The highest BCUT2D eigenvalue weighted by atomic mass is 15.4. The molecule has 1 aromatic carbocycles. The number of hydrogen-bond acceptors (Lipinski definition) is 3. The summed E-state index contributed by atoms with van der Waals surface area (Å²) < 4.78 is 1.87. The van der Waals surface area contributed by atoms with Crippen LogP contribution in [0.3, 0.4) is 0 Å². The number of nitrogens with zero attached hydrogens (tertiary/aromatic N) is 3. The second-order valence-corrected chi connectivity index (χ2v) is 4.50. The number of rotatable bonds is 3. The maximum atomic E-state index is 5.85. The van der Waals surface area contributed by atoms with E-state index in [1.807, 2.05) is 35.0 Å². The van der Waals surface area contributed by atoms with Crippen molar-refractivity contribution in [3.05, 3.63) is 41.7 Å². The first-order valence-corrected chi connectivity index (χ1v) is 6.10. The predicted molar refractivity (Wildman–Crippen MR) is 65.8 cm³/mol. The van der Waals surface area contributed by atoms with E-state index in [-0.39, 0.29) is 0 Å². The van der Waals surface area contributed by atoms with Crippen molar-refractivity contribution in [2.75, 3.05) is 0 Å². The first kappa shape index (κ1) is 10.5. The summed E-state index contributed by atoms with van der Waals surface area (Å²) in [7, 11) is 0. The van der Waals surface area contributed by atoms with Gasteiger partial charge in [-0.15, -0.1) is 5.10 Å². The zero-order valence-electron chi connectivity index (χ0n) is 9.71. The van der Waals surface area contributed by atoms with Crippen LogP contribution in [0.5, 0.6) is 0 Å². The third-order valence-electron chi connectivity index (χ3n) is 3.48. The van der Waals surface area contributed by atoms with Crippen molar-refractivity contribution in [1.82, 2.24) is 15.0 Å². The molecule has 4 nitrogen and oxygen atoms in total. The molecule has 0 radical (unpaired) electrons. The highest BCUT2D eigenvalue weighted by molar-refractivity contribution is 5.34. The van der Waals surface area contributed by atoms with Crippen LogP contribution in [-0.4, -0.2) is 15.0 Å². The van der Waals surface area contributed by atoms with Crippen LogP contribution in [0.1, 0.15) is 36.6 Å². The molecule has 88 valence electrons. The Labute approximate surface area is 100 Å². The number of para-hydroxylation sites is 1. The zero-order valence-corrected chi connectivity index (χ0v) is 9.71. The molecule has 1 fully saturated rings. The van der Waals surface area contributed by atoms with E-state index >= 15 is 0 Å². The van der Waals surface area contributed by atoms with E-state index in [4.69, 9.17) is 5.73 Å². The van der Waals surface area contributed by atoms with Crippen LogP contribution in [0.4, 0.5) is 0 Å². The summed E-state index contributed by atoms with van der Waals surface area (Å²) in [5.74, 6) is 0.575. The van der Waals surface area contributed by atoms with E-state index in [0.717, 1.165) is 17.1 Å². The lowest BCUT2D eigenvalue weighted by Gasteiger charge is -2.24. The summed E-state index contributed by atoms with van der Waals surface area (Å²) in [5, 5.41) is 8.57. The Hall–Kier alpha value is -1.68. The molecule has 0 saturated heterocycles. The van der Waals surface area contributed by atoms with Crippen molar-refractivity contribution in [2.24, 2.45) is 5.73 Å². The second kappa shape index (κ2) is 4.30. The SMILES string of the molecule is NCc1c(C2CCC2)nnn1-c1ccccc1. The van der Waals surface area contributed by atoms with Crippen molar-refractivity contribution < 1.29 is 0 Å². The molecule has 2 aromatic rings. The largest absolute Gasteiger partial charge is 0.325 e. The molecule has 0 amide bonds. The highest BCUT2D eigenvalue weighted by Crippen LogP contribution is 2.36. The lowest BCUT2D eigenvalue weighted by atomic mass is 9.82. The molecular weight excluding hydrogens is 212 g/mol. The van der Waals surface area contributed by atoms with Crippen LogP contribution in [0, 0.1) is 0 Å². The minimum atomic E-state index is 0.494. The Bertz CT molecular complexity index is 499. The summed E-state index contributed by atoms with van der Waals surface area (Å²) in [6, 6.07) is 10.0. The van der Waals surface area contributed by atoms with Gasteiger partial charge in [-0.3, -0.25) is 0 Å². The third kappa shape index (κ3) is 1.74. The average molecular weight is 228 g/mol. The highest BCUT2D eigenvalue weighted by Gasteiger charge is 2.26. The van der Waals surface area contributed by atoms with E-state index in [1.54, 1.807) is 0 Å². The van der Waals surface area contributed by atoms with Gasteiger partial charge in [0.1, 0.15) is 0 Å². The van der Waals surface area contributed by atoms with E-state index in [1.165, 1.54) is 19.3 Å². The van der Waals surface area contributed by atoms with Crippen LogP contribution in [0.2, 0.25) is 0 Å². The van der Waals surface area contributed by atoms with E-state index in [2.05, 4.69) is 10.3 Å². The topological polar surface area (TPSA) is 56.7 Å². The lowest BCUT2D eigenvalue weighted by Crippen LogP contribution is -2.15. The molecule has 0 spiro atoms. The molecule has 1 heterocycles. The van der Waals surface area contributed by atoms with Crippen molar-refractivity contribution in [1.29, 1.82) is 0 Å². The number of nitrogens with two attached hydrogens (primary N) is 1. The van der Waals surface area contributed by atoms with Gasteiger partial charge in [0, 0.05) is 12.5 Å². The van der Waals surface area contributed by atoms with E-state index < -0.39 is 0 Å². The van der Waals surface area contributed by atoms with Crippen LogP contribution < -0.4 is 5.73 Å². The van der Waals surface area contributed by atoms with Gasteiger partial charge in [-0.1, -0.05) is 29.8 Å². The quantitative estimate of drug-likeness (QED) is 0.874. The molecule has 0 unspecified atom stereocenters. The maximum absolute atomic E-state index is 5.85. The van der Waals surface area contributed by atoms with Crippen molar-refractivity contribution in [3.63, 3.8) is 0 Å². The minimum Gasteiger partial charge on any atom is -0.325 e. The summed E-state index contributed by atoms with van der Waals surface area (Å²) in [6.07, 6.45) is 3.74.